The molecule has 0 bridgehead atoms. The van der Waals surface area contributed by atoms with Crippen LogP contribution in [0.4, 0.5) is 0 Å². The summed E-state index contributed by atoms with van der Waals surface area (Å²) < 4.78 is 18.6. The molecule has 0 saturated carbocycles. The standard InChI is InChI=1S/C17H38O3Si.CHNO/c1-5-9-13-17-21(18-14-10-6-2,19-15-11-7-3)20-16-12-8-4;2-1-3/h5-17H2,1-4H3;2H. The summed E-state index contributed by atoms with van der Waals surface area (Å²) in [4.78, 5) is 8.35. The van der Waals surface area contributed by atoms with E-state index in [4.69, 9.17) is 23.5 Å². The molecule has 0 aliphatic carbocycles. The second kappa shape index (κ2) is 20.5. The molecule has 6 heteroatoms. The van der Waals surface area contributed by atoms with Gasteiger partial charge in [0.25, 0.3) is 0 Å². The first-order valence-electron chi connectivity index (χ1n) is 9.61. The van der Waals surface area contributed by atoms with Crippen molar-refractivity contribution in [2.45, 2.75) is 91.5 Å². The Bertz CT molecular complexity index is 239. The quantitative estimate of drug-likeness (QED) is 0.171. The monoisotopic (exact) mass is 361 g/mol. The lowest BCUT2D eigenvalue weighted by Gasteiger charge is -2.30. The summed E-state index contributed by atoms with van der Waals surface area (Å²) in [7, 11) is -2.44. The minimum atomic E-state index is -2.44. The Kier molecular flexibility index (Phi) is 22.0. The van der Waals surface area contributed by atoms with Crippen LogP contribution in [0.1, 0.15) is 85.5 Å². The first-order valence-corrected chi connectivity index (χ1v) is 11.5. The number of rotatable bonds is 16. The molecule has 0 aromatic heterocycles. The summed E-state index contributed by atoms with van der Waals surface area (Å²) in [5.41, 5.74) is 0. The highest BCUT2D eigenvalue weighted by Gasteiger charge is 2.40. The molecule has 0 rings (SSSR count). The highest BCUT2D eigenvalue weighted by molar-refractivity contribution is 6.60. The Hall–Kier alpha value is -0.523. The Balaban J connectivity index is 0. The van der Waals surface area contributed by atoms with E-state index >= 15 is 0 Å². The lowest BCUT2D eigenvalue weighted by Crippen LogP contribution is -2.46. The summed E-state index contributed by atoms with van der Waals surface area (Å²) in [6.45, 7) is 11.2. The number of hydrogen-bond acceptors (Lipinski definition) is 5. The maximum atomic E-state index is 8.35. The van der Waals surface area contributed by atoms with Gasteiger partial charge in [-0.1, -0.05) is 59.8 Å². The van der Waals surface area contributed by atoms with Gasteiger partial charge in [0, 0.05) is 25.9 Å². The van der Waals surface area contributed by atoms with Gasteiger partial charge in [0.2, 0.25) is 6.08 Å². The average Bonchev–Trinajstić information content (AvgIpc) is 2.56. The van der Waals surface area contributed by atoms with E-state index in [2.05, 4.69) is 27.7 Å². The number of unbranched alkanes of at least 4 members (excludes halogenated alkanes) is 5. The zero-order valence-electron chi connectivity index (χ0n) is 16.3. The van der Waals surface area contributed by atoms with Crippen LogP contribution in [-0.4, -0.2) is 34.7 Å². The molecule has 0 spiro atoms. The molecular weight excluding hydrogens is 322 g/mol. The molecule has 0 radical (unpaired) electrons. The molecule has 0 aromatic rings. The smallest absolute Gasteiger partial charge is 0.373 e. The fourth-order valence-corrected chi connectivity index (χ4v) is 4.78. The third-order valence-corrected chi connectivity index (χ3v) is 6.44. The predicted octanol–water partition coefficient (Wildman–Crippen LogP) is 5.47. The van der Waals surface area contributed by atoms with Crippen LogP contribution in [-0.2, 0) is 18.1 Å². The van der Waals surface area contributed by atoms with Crippen LogP contribution < -0.4 is 0 Å². The van der Waals surface area contributed by atoms with Crippen LogP contribution in [0.15, 0.2) is 0 Å². The van der Waals surface area contributed by atoms with Gasteiger partial charge in [-0.25, -0.2) is 10.2 Å². The molecule has 5 nitrogen and oxygen atoms in total. The first-order chi connectivity index (χ1) is 11.7. The van der Waals surface area contributed by atoms with Crippen molar-refractivity contribution in [3.63, 3.8) is 0 Å². The zero-order chi connectivity index (χ0) is 18.5. The number of isocyanates is 1. The van der Waals surface area contributed by atoms with Crippen molar-refractivity contribution < 1.29 is 18.1 Å². The van der Waals surface area contributed by atoms with Gasteiger partial charge in [-0.05, 0) is 25.7 Å². The van der Waals surface area contributed by atoms with Crippen LogP contribution in [0.3, 0.4) is 0 Å². The van der Waals surface area contributed by atoms with Gasteiger partial charge in [0.05, 0.1) is 0 Å². The first kappa shape index (κ1) is 25.7. The molecule has 0 aromatic carbocycles. The van der Waals surface area contributed by atoms with E-state index in [0.29, 0.717) is 0 Å². The van der Waals surface area contributed by atoms with Gasteiger partial charge in [-0.3, -0.25) is 0 Å². The lowest BCUT2D eigenvalue weighted by molar-refractivity contribution is 0.0557. The summed E-state index contributed by atoms with van der Waals surface area (Å²) in [6, 6.07) is 0.984. The molecule has 24 heavy (non-hydrogen) atoms. The second-order valence-corrected chi connectivity index (χ2v) is 8.58. The van der Waals surface area contributed by atoms with E-state index in [-0.39, 0.29) is 0 Å². The predicted molar refractivity (Wildman–Crippen MR) is 101 cm³/mol. The van der Waals surface area contributed by atoms with Crippen LogP contribution in [0.5, 0.6) is 0 Å². The Morgan fingerprint density at radius 3 is 1.33 bits per heavy atom. The lowest BCUT2D eigenvalue weighted by atomic mass is 10.3. The molecule has 0 saturated heterocycles. The minimum Gasteiger partial charge on any atom is -0.373 e. The van der Waals surface area contributed by atoms with Crippen LogP contribution in [0.2, 0.25) is 6.04 Å². The molecule has 0 atom stereocenters. The number of hydrogen-bond donors (Lipinski definition) is 1. The molecule has 0 heterocycles. The van der Waals surface area contributed by atoms with Crippen molar-refractivity contribution in [1.82, 2.24) is 0 Å². The number of carbonyl (C=O) groups excluding carboxylic acids is 1. The van der Waals surface area contributed by atoms with Crippen molar-refractivity contribution in [3.8, 4) is 0 Å². The van der Waals surface area contributed by atoms with E-state index in [1.165, 1.54) is 12.8 Å². The van der Waals surface area contributed by atoms with Gasteiger partial charge >= 0.3 is 8.80 Å². The highest BCUT2D eigenvalue weighted by Crippen LogP contribution is 2.21. The Morgan fingerprint density at radius 1 is 0.708 bits per heavy atom. The molecular formula is C18H39NO4Si. The van der Waals surface area contributed by atoms with Gasteiger partial charge in [-0.15, -0.1) is 0 Å². The van der Waals surface area contributed by atoms with Gasteiger partial charge in [0.15, 0.2) is 0 Å². The molecule has 0 aliphatic heterocycles. The van der Waals surface area contributed by atoms with E-state index in [1.54, 1.807) is 0 Å². The van der Waals surface area contributed by atoms with E-state index in [9.17, 15) is 0 Å². The third kappa shape index (κ3) is 16.3. The van der Waals surface area contributed by atoms with Crippen molar-refractivity contribution in [3.05, 3.63) is 0 Å². The van der Waals surface area contributed by atoms with Crippen LogP contribution in [0, 0.1) is 5.41 Å². The molecule has 0 unspecified atom stereocenters. The maximum absolute atomic E-state index is 8.35. The van der Waals surface area contributed by atoms with E-state index in [1.807, 2.05) is 0 Å². The fourth-order valence-electron chi connectivity index (χ4n) is 2.05. The van der Waals surface area contributed by atoms with Gasteiger partial charge < -0.3 is 13.3 Å². The fraction of sp³-hybridized carbons (Fsp3) is 0.944. The van der Waals surface area contributed by atoms with Crippen molar-refractivity contribution >= 4 is 14.9 Å². The number of nitrogens with one attached hydrogen (secondary N) is 1. The minimum absolute atomic E-state index is 0.750. The SMILES string of the molecule is CCCCC[Si](OCCCC)(OCCCC)OCCCC.N=C=O. The third-order valence-electron chi connectivity index (χ3n) is 3.55. The Labute approximate surface area is 150 Å². The molecule has 0 aliphatic rings. The topological polar surface area (TPSA) is 68.6 Å². The van der Waals surface area contributed by atoms with Crippen molar-refractivity contribution in [2.24, 2.45) is 0 Å². The molecule has 0 fully saturated rings. The summed E-state index contributed by atoms with van der Waals surface area (Å²) in [6.07, 6.45) is 11.1. The normalized spacial score (nSPS) is 10.8. The van der Waals surface area contributed by atoms with E-state index in [0.717, 1.165) is 76.9 Å². The second-order valence-electron chi connectivity index (χ2n) is 5.85. The van der Waals surface area contributed by atoms with Gasteiger partial charge in [-0.2, -0.15) is 0 Å². The van der Waals surface area contributed by atoms with Gasteiger partial charge in [0.1, 0.15) is 0 Å². The average molecular weight is 362 g/mol. The highest BCUT2D eigenvalue weighted by atomic mass is 28.4. The summed E-state index contributed by atoms with van der Waals surface area (Å²) in [5, 5.41) is 5.40. The van der Waals surface area contributed by atoms with E-state index < -0.39 is 8.80 Å². The zero-order valence-corrected chi connectivity index (χ0v) is 17.3. The van der Waals surface area contributed by atoms with Crippen LogP contribution in [0.25, 0.3) is 0 Å². The van der Waals surface area contributed by atoms with Crippen molar-refractivity contribution in [1.29, 1.82) is 5.41 Å². The summed E-state index contributed by atoms with van der Waals surface area (Å²) in [5.74, 6) is 0. The molecule has 0 amide bonds. The van der Waals surface area contributed by atoms with Crippen LogP contribution >= 0.6 is 0 Å². The Morgan fingerprint density at radius 2 is 1.04 bits per heavy atom. The van der Waals surface area contributed by atoms with Crippen molar-refractivity contribution in [2.75, 3.05) is 19.8 Å². The molecule has 1 N–H and O–H groups in total. The molecule has 144 valence electrons. The largest absolute Gasteiger partial charge is 0.500 e. The maximum Gasteiger partial charge on any atom is 0.500 e. The summed E-state index contributed by atoms with van der Waals surface area (Å²) >= 11 is 0.